The Balaban J connectivity index is 1.73. The van der Waals surface area contributed by atoms with Gasteiger partial charge < -0.3 is 14.2 Å². The molecule has 0 saturated carbocycles. The molecule has 150 valence electrons. The highest BCUT2D eigenvalue weighted by Gasteiger charge is 2.18. The first-order valence-electron chi connectivity index (χ1n) is 8.68. The molecule has 0 fully saturated rings. The van der Waals surface area contributed by atoms with Crippen molar-refractivity contribution in [3.63, 3.8) is 0 Å². The number of methoxy groups -OCH3 is 1. The predicted octanol–water partition coefficient (Wildman–Crippen LogP) is 4.59. The van der Waals surface area contributed by atoms with Crippen molar-refractivity contribution in [1.29, 1.82) is 0 Å². The van der Waals surface area contributed by atoms with Gasteiger partial charge in [0.05, 0.1) is 35.8 Å². The van der Waals surface area contributed by atoms with Gasteiger partial charge in [-0.1, -0.05) is 6.07 Å². The molecule has 0 N–H and O–H groups in total. The van der Waals surface area contributed by atoms with Crippen molar-refractivity contribution in [2.24, 2.45) is 0 Å². The van der Waals surface area contributed by atoms with E-state index < -0.39 is 4.92 Å². The number of pyridine rings is 1. The predicted molar refractivity (Wildman–Crippen MR) is 106 cm³/mol. The van der Waals surface area contributed by atoms with Crippen molar-refractivity contribution in [2.45, 2.75) is 26.2 Å². The third kappa shape index (κ3) is 6.19. The number of nitro groups is 1. The number of hydrogen-bond acceptors (Lipinski definition) is 7. The van der Waals surface area contributed by atoms with Crippen LogP contribution in [0.4, 0.5) is 5.69 Å². The summed E-state index contributed by atoms with van der Waals surface area (Å²) in [7, 11) is 1.38. The van der Waals surface area contributed by atoms with E-state index in [1.165, 1.54) is 26.2 Å². The molecule has 9 heteroatoms. The summed E-state index contributed by atoms with van der Waals surface area (Å²) in [6.07, 6.45) is 2.40. The smallest absolute Gasteiger partial charge is 0.314 e. The molecule has 0 aliphatic carbocycles. The van der Waals surface area contributed by atoms with Crippen molar-refractivity contribution >= 4 is 27.4 Å². The number of ether oxygens (including phenoxy) is 3. The summed E-state index contributed by atoms with van der Waals surface area (Å²) in [5, 5.41) is 11.1. The van der Waals surface area contributed by atoms with Crippen LogP contribution in [0.25, 0.3) is 0 Å². The summed E-state index contributed by atoms with van der Waals surface area (Å²) in [6.45, 7) is 2.36. The minimum absolute atomic E-state index is 0.104. The Labute approximate surface area is 171 Å². The second-order valence-corrected chi connectivity index (χ2v) is 6.74. The number of rotatable bonds is 11. The first-order chi connectivity index (χ1) is 13.4. The van der Waals surface area contributed by atoms with Gasteiger partial charge in [-0.2, -0.15) is 0 Å². The lowest BCUT2D eigenvalue weighted by molar-refractivity contribution is -0.385. The van der Waals surface area contributed by atoms with E-state index in [-0.39, 0.29) is 17.2 Å². The van der Waals surface area contributed by atoms with Gasteiger partial charge >= 0.3 is 5.69 Å². The zero-order valence-electron chi connectivity index (χ0n) is 15.6. The number of hydrogen-bond donors (Lipinski definition) is 0. The monoisotopic (exact) mass is 452 g/mol. The highest BCUT2D eigenvalue weighted by Crippen LogP contribution is 2.37. The Kier molecular flexibility index (Phi) is 8.19. The van der Waals surface area contributed by atoms with Crippen LogP contribution < -0.4 is 14.2 Å². The summed E-state index contributed by atoms with van der Waals surface area (Å²) < 4.78 is 16.8. The van der Waals surface area contributed by atoms with Crippen LogP contribution in [0.15, 0.2) is 34.8 Å². The van der Waals surface area contributed by atoms with Gasteiger partial charge in [-0.25, -0.2) is 4.98 Å². The summed E-state index contributed by atoms with van der Waals surface area (Å²) in [5.74, 6) is 0.892. The number of aromatic nitrogens is 1. The van der Waals surface area contributed by atoms with E-state index in [1.807, 2.05) is 0 Å². The van der Waals surface area contributed by atoms with Crippen molar-refractivity contribution in [2.75, 3.05) is 20.3 Å². The summed E-state index contributed by atoms with van der Waals surface area (Å²) in [6, 6.07) is 7.96. The molecule has 0 spiro atoms. The molecule has 8 nitrogen and oxygen atoms in total. The lowest BCUT2D eigenvalue weighted by atomic mass is 10.2. The number of benzene rings is 1. The van der Waals surface area contributed by atoms with Gasteiger partial charge in [-0.3, -0.25) is 14.9 Å². The minimum atomic E-state index is -0.509. The van der Waals surface area contributed by atoms with E-state index in [4.69, 9.17) is 14.2 Å². The van der Waals surface area contributed by atoms with Gasteiger partial charge in [0, 0.05) is 19.1 Å². The SMILES string of the molecule is COc1cc(Br)c(OCCCCCOc2cccc(C(C)=O)n2)cc1[N+](=O)[O-]. The maximum atomic E-state index is 11.3. The third-order valence-corrected chi connectivity index (χ3v) is 4.43. The van der Waals surface area contributed by atoms with Gasteiger partial charge in [0.15, 0.2) is 11.5 Å². The number of halogens is 1. The molecule has 0 amide bonds. The van der Waals surface area contributed by atoms with E-state index in [0.717, 1.165) is 19.3 Å². The van der Waals surface area contributed by atoms with Gasteiger partial charge in [0.1, 0.15) is 11.4 Å². The first-order valence-corrected chi connectivity index (χ1v) is 9.47. The fourth-order valence-electron chi connectivity index (χ4n) is 2.37. The molecule has 0 aliphatic rings. The quantitative estimate of drug-likeness (QED) is 0.212. The molecule has 0 radical (unpaired) electrons. The molecule has 0 saturated heterocycles. The van der Waals surface area contributed by atoms with Crippen molar-refractivity contribution in [3.05, 3.63) is 50.6 Å². The fourth-order valence-corrected chi connectivity index (χ4v) is 2.81. The Morgan fingerprint density at radius 3 is 2.50 bits per heavy atom. The molecule has 0 aliphatic heterocycles. The van der Waals surface area contributed by atoms with Crippen LogP contribution in [-0.2, 0) is 0 Å². The number of carbonyl (C=O) groups excluding carboxylic acids is 1. The number of carbonyl (C=O) groups is 1. The number of unbranched alkanes of at least 4 members (excludes halogenated alkanes) is 2. The summed E-state index contributed by atoms with van der Waals surface area (Å²) in [5.41, 5.74) is 0.236. The van der Waals surface area contributed by atoms with E-state index in [0.29, 0.717) is 35.0 Å². The van der Waals surface area contributed by atoms with Gasteiger partial charge in [-0.05, 0) is 41.3 Å². The molecule has 0 unspecified atom stereocenters. The standard InChI is InChI=1S/C19H21BrN2O6/c1-13(23)15-7-6-8-19(21-15)28-10-5-3-4-9-27-17-12-16(22(24)25)18(26-2)11-14(17)20/h6-8,11-12H,3-5,9-10H2,1-2H3. The summed E-state index contributed by atoms with van der Waals surface area (Å²) >= 11 is 3.33. The molecule has 0 atom stereocenters. The highest BCUT2D eigenvalue weighted by atomic mass is 79.9. The topological polar surface area (TPSA) is 101 Å². The Morgan fingerprint density at radius 2 is 1.86 bits per heavy atom. The molecular weight excluding hydrogens is 432 g/mol. The Morgan fingerprint density at radius 1 is 1.14 bits per heavy atom. The van der Waals surface area contributed by atoms with E-state index in [1.54, 1.807) is 18.2 Å². The molecule has 28 heavy (non-hydrogen) atoms. The lowest BCUT2D eigenvalue weighted by Gasteiger charge is -2.10. The number of nitro benzene ring substituents is 1. The van der Waals surface area contributed by atoms with Crippen LogP contribution in [0.2, 0.25) is 0 Å². The number of Topliss-reactive ketones (excluding diaryl/α,β-unsaturated/α-hetero) is 1. The second kappa shape index (κ2) is 10.6. The fraction of sp³-hybridized carbons (Fsp3) is 0.368. The van der Waals surface area contributed by atoms with Crippen LogP contribution in [0.1, 0.15) is 36.7 Å². The summed E-state index contributed by atoms with van der Waals surface area (Å²) in [4.78, 5) is 26.0. The van der Waals surface area contributed by atoms with Crippen LogP contribution in [0.3, 0.4) is 0 Å². The zero-order chi connectivity index (χ0) is 20.5. The lowest BCUT2D eigenvalue weighted by Crippen LogP contribution is -2.04. The van der Waals surface area contributed by atoms with Crippen LogP contribution >= 0.6 is 15.9 Å². The molecule has 0 bridgehead atoms. The van der Waals surface area contributed by atoms with Crippen LogP contribution in [-0.4, -0.2) is 36.0 Å². The first kappa shape index (κ1) is 21.6. The molecule has 2 rings (SSSR count). The number of nitrogens with zero attached hydrogens (tertiary/aromatic N) is 2. The van der Waals surface area contributed by atoms with Crippen molar-refractivity contribution < 1.29 is 23.9 Å². The minimum Gasteiger partial charge on any atom is -0.492 e. The van der Waals surface area contributed by atoms with Crippen molar-refractivity contribution in [3.8, 4) is 17.4 Å². The van der Waals surface area contributed by atoms with Gasteiger partial charge in [0.25, 0.3) is 0 Å². The van der Waals surface area contributed by atoms with Crippen molar-refractivity contribution in [1.82, 2.24) is 4.98 Å². The molecule has 1 aromatic carbocycles. The second-order valence-electron chi connectivity index (χ2n) is 5.89. The van der Waals surface area contributed by atoms with E-state index in [2.05, 4.69) is 20.9 Å². The van der Waals surface area contributed by atoms with E-state index >= 15 is 0 Å². The Hall–Kier alpha value is -2.68. The molecule has 1 aromatic heterocycles. The zero-order valence-corrected chi connectivity index (χ0v) is 17.2. The maximum Gasteiger partial charge on any atom is 0.314 e. The largest absolute Gasteiger partial charge is 0.492 e. The van der Waals surface area contributed by atoms with Gasteiger partial charge in [-0.15, -0.1) is 0 Å². The van der Waals surface area contributed by atoms with E-state index in [9.17, 15) is 14.9 Å². The van der Waals surface area contributed by atoms with Crippen LogP contribution in [0.5, 0.6) is 17.4 Å². The highest BCUT2D eigenvalue weighted by molar-refractivity contribution is 9.10. The number of ketones is 1. The Bertz CT molecular complexity index is 843. The maximum absolute atomic E-state index is 11.3. The normalized spacial score (nSPS) is 10.4. The van der Waals surface area contributed by atoms with Gasteiger partial charge in [0.2, 0.25) is 5.88 Å². The average molecular weight is 453 g/mol. The molecular formula is C19H21BrN2O6. The molecule has 1 heterocycles. The average Bonchev–Trinajstić information content (AvgIpc) is 2.67. The third-order valence-electron chi connectivity index (χ3n) is 3.81. The van der Waals surface area contributed by atoms with Crippen LogP contribution in [0, 0.1) is 10.1 Å². The molecule has 2 aromatic rings.